The monoisotopic (exact) mass is 251 g/mol. The lowest BCUT2D eigenvalue weighted by Crippen LogP contribution is -2.37. The fraction of sp³-hybridized carbons (Fsp3) is 0.462. The second-order valence-corrected chi connectivity index (χ2v) is 4.16. The zero-order valence-corrected chi connectivity index (χ0v) is 10.3. The van der Waals surface area contributed by atoms with Crippen LogP contribution in [0.25, 0.3) is 0 Å². The summed E-state index contributed by atoms with van der Waals surface area (Å²) in [4.78, 5) is 13.4. The summed E-state index contributed by atoms with van der Waals surface area (Å²) in [6.07, 6.45) is 0. The lowest BCUT2D eigenvalue weighted by molar-refractivity contribution is -0.143. The van der Waals surface area contributed by atoms with Gasteiger partial charge in [0.05, 0.1) is 6.61 Å². The summed E-state index contributed by atoms with van der Waals surface area (Å²) >= 11 is 0. The number of hydrogen-bond acceptors (Lipinski definition) is 4. The standard InChI is InChI=1S/C13H17NO4/c1-17-8-6-14-7-9-18-11-5-3-2-4-10(11)12(14)13(15)16/h2-5,12H,6-9H2,1H3,(H,15,16). The number of carboxylic acid groups (broad SMARTS) is 1. The zero-order chi connectivity index (χ0) is 13.0. The molecule has 1 unspecified atom stereocenters. The van der Waals surface area contributed by atoms with E-state index in [-0.39, 0.29) is 0 Å². The van der Waals surface area contributed by atoms with Crippen molar-refractivity contribution in [3.8, 4) is 5.75 Å². The molecular formula is C13H17NO4. The highest BCUT2D eigenvalue weighted by Crippen LogP contribution is 2.31. The van der Waals surface area contributed by atoms with Gasteiger partial charge in [0, 0.05) is 25.8 Å². The van der Waals surface area contributed by atoms with Crippen LogP contribution in [0.4, 0.5) is 0 Å². The highest BCUT2D eigenvalue weighted by molar-refractivity contribution is 5.76. The minimum Gasteiger partial charge on any atom is -0.492 e. The third kappa shape index (κ3) is 2.63. The Balaban J connectivity index is 2.31. The molecule has 18 heavy (non-hydrogen) atoms. The first-order valence-corrected chi connectivity index (χ1v) is 5.91. The lowest BCUT2D eigenvalue weighted by atomic mass is 10.0. The Bertz CT molecular complexity index is 419. The van der Waals surface area contributed by atoms with Crippen LogP contribution in [0, 0.1) is 0 Å². The molecule has 1 aromatic rings. The van der Waals surface area contributed by atoms with Crippen LogP contribution in [-0.4, -0.2) is 49.4 Å². The molecule has 5 heteroatoms. The maximum atomic E-state index is 11.5. The average Bonchev–Trinajstić information content (AvgIpc) is 2.55. The number of hydrogen-bond donors (Lipinski definition) is 1. The second kappa shape index (κ2) is 5.84. The number of ether oxygens (including phenoxy) is 2. The molecule has 1 aliphatic rings. The van der Waals surface area contributed by atoms with Crippen molar-refractivity contribution in [2.45, 2.75) is 6.04 Å². The molecule has 1 aliphatic heterocycles. The molecule has 0 saturated carbocycles. The molecule has 0 amide bonds. The van der Waals surface area contributed by atoms with E-state index in [9.17, 15) is 9.90 Å². The summed E-state index contributed by atoms with van der Waals surface area (Å²) in [7, 11) is 1.61. The Morgan fingerprint density at radius 2 is 2.33 bits per heavy atom. The Hall–Kier alpha value is -1.59. The molecule has 1 atom stereocenters. The highest BCUT2D eigenvalue weighted by atomic mass is 16.5. The minimum atomic E-state index is -0.857. The maximum absolute atomic E-state index is 11.5. The van der Waals surface area contributed by atoms with E-state index in [4.69, 9.17) is 9.47 Å². The molecule has 5 nitrogen and oxygen atoms in total. The molecule has 0 saturated heterocycles. The highest BCUT2D eigenvalue weighted by Gasteiger charge is 2.31. The third-order valence-corrected chi connectivity index (χ3v) is 3.03. The van der Waals surface area contributed by atoms with Gasteiger partial charge in [-0.2, -0.15) is 0 Å². The normalized spacial score (nSPS) is 19.7. The van der Waals surface area contributed by atoms with Crippen LogP contribution in [0.15, 0.2) is 24.3 Å². The van der Waals surface area contributed by atoms with Crippen molar-refractivity contribution in [1.29, 1.82) is 0 Å². The Kier molecular flexibility index (Phi) is 4.17. The number of fused-ring (bicyclic) bond motifs is 1. The summed E-state index contributed by atoms with van der Waals surface area (Å²) in [6, 6.07) is 6.63. The topological polar surface area (TPSA) is 59.0 Å². The van der Waals surface area contributed by atoms with Gasteiger partial charge in [0.25, 0.3) is 0 Å². The van der Waals surface area contributed by atoms with Crippen LogP contribution in [0.3, 0.4) is 0 Å². The smallest absolute Gasteiger partial charge is 0.325 e. The molecule has 0 fully saturated rings. The number of para-hydroxylation sites is 1. The SMILES string of the molecule is COCCN1CCOc2ccccc2C1C(=O)O. The van der Waals surface area contributed by atoms with Crippen molar-refractivity contribution in [3.05, 3.63) is 29.8 Å². The minimum absolute atomic E-state index is 0.491. The van der Waals surface area contributed by atoms with Crippen LogP contribution >= 0.6 is 0 Å². The molecule has 98 valence electrons. The van der Waals surface area contributed by atoms with Crippen molar-refractivity contribution in [3.63, 3.8) is 0 Å². The first kappa shape index (κ1) is 12.9. The number of carbonyl (C=O) groups is 1. The van der Waals surface area contributed by atoms with Gasteiger partial charge in [-0.25, -0.2) is 0 Å². The number of rotatable bonds is 4. The first-order valence-electron chi connectivity index (χ1n) is 5.91. The average molecular weight is 251 g/mol. The molecule has 0 bridgehead atoms. The van der Waals surface area contributed by atoms with E-state index < -0.39 is 12.0 Å². The molecule has 0 radical (unpaired) electrons. The molecule has 2 rings (SSSR count). The number of methoxy groups -OCH3 is 1. The van der Waals surface area contributed by atoms with Crippen LogP contribution in [0.2, 0.25) is 0 Å². The fourth-order valence-electron chi connectivity index (χ4n) is 2.18. The molecule has 0 aromatic heterocycles. The number of carboxylic acids is 1. The molecular weight excluding hydrogens is 234 g/mol. The van der Waals surface area contributed by atoms with Crippen molar-refractivity contribution in [2.24, 2.45) is 0 Å². The first-order chi connectivity index (χ1) is 8.74. The maximum Gasteiger partial charge on any atom is 0.325 e. The predicted molar refractivity (Wildman–Crippen MR) is 65.8 cm³/mol. The summed E-state index contributed by atoms with van der Waals surface area (Å²) in [5, 5.41) is 9.44. The Labute approximate surface area is 106 Å². The fourth-order valence-corrected chi connectivity index (χ4v) is 2.18. The molecule has 0 spiro atoms. The van der Waals surface area contributed by atoms with E-state index in [0.29, 0.717) is 37.6 Å². The van der Waals surface area contributed by atoms with Gasteiger partial charge in [-0.05, 0) is 6.07 Å². The number of benzene rings is 1. The summed E-state index contributed by atoms with van der Waals surface area (Å²) < 4.78 is 10.6. The van der Waals surface area contributed by atoms with Crippen molar-refractivity contribution >= 4 is 5.97 Å². The van der Waals surface area contributed by atoms with Gasteiger partial charge in [0.2, 0.25) is 0 Å². The van der Waals surface area contributed by atoms with Gasteiger partial charge >= 0.3 is 5.97 Å². The van der Waals surface area contributed by atoms with Gasteiger partial charge < -0.3 is 14.6 Å². The van der Waals surface area contributed by atoms with Gasteiger partial charge in [-0.15, -0.1) is 0 Å². The van der Waals surface area contributed by atoms with Crippen molar-refractivity contribution in [1.82, 2.24) is 4.90 Å². The number of aliphatic carboxylic acids is 1. The van der Waals surface area contributed by atoms with Gasteiger partial charge in [0.1, 0.15) is 18.4 Å². The van der Waals surface area contributed by atoms with Crippen LogP contribution < -0.4 is 4.74 Å². The third-order valence-electron chi connectivity index (χ3n) is 3.03. The van der Waals surface area contributed by atoms with E-state index in [1.807, 2.05) is 23.1 Å². The van der Waals surface area contributed by atoms with Crippen LogP contribution in [0.1, 0.15) is 11.6 Å². The lowest BCUT2D eigenvalue weighted by Gasteiger charge is -2.26. The van der Waals surface area contributed by atoms with E-state index in [0.717, 1.165) is 0 Å². The molecule has 1 aromatic carbocycles. The quantitative estimate of drug-likeness (QED) is 0.870. The van der Waals surface area contributed by atoms with E-state index in [1.165, 1.54) is 0 Å². The van der Waals surface area contributed by atoms with Crippen LogP contribution in [-0.2, 0) is 9.53 Å². The van der Waals surface area contributed by atoms with Crippen molar-refractivity contribution < 1.29 is 19.4 Å². The number of nitrogens with zero attached hydrogens (tertiary/aromatic N) is 1. The largest absolute Gasteiger partial charge is 0.492 e. The zero-order valence-electron chi connectivity index (χ0n) is 10.3. The van der Waals surface area contributed by atoms with E-state index in [1.54, 1.807) is 13.2 Å². The van der Waals surface area contributed by atoms with Gasteiger partial charge in [-0.1, -0.05) is 18.2 Å². The summed E-state index contributed by atoms with van der Waals surface area (Å²) in [6.45, 7) is 2.15. The van der Waals surface area contributed by atoms with E-state index >= 15 is 0 Å². The molecule has 0 aliphatic carbocycles. The molecule has 1 N–H and O–H groups in total. The summed E-state index contributed by atoms with van der Waals surface area (Å²) in [5.74, 6) is -0.200. The second-order valence-electron chi connectivity index (χ2n) is 4.16. The van der Waals surface area contributed by atoms with Crippen molar-refractivity contribution in [2.75, 3.05) is 33.4 Å². The molecule has 1 heterocycles. The van der Waals surface area contributed by atoms with E-state index in [2.05, 4.69) is 0 Å². The van der Waals surface area contributed by atoms with Gasteiger partial charge in [-0.3, -0.25) is 9.69 Å². The van der Waals surface area contributed by atoms with Crippen LogP contribution in [0.5, 0.6) is 5.75 Å². The Morgan fingerprint density at radius 1 is 1.56 bits per heavy atom. The van der Waals surface area contributed by atoms with Gasteiger partial charge in [0.15, 0.2) is 0 Å². The summed E-state index contributed by atoms with van der Waals surface area (Å²) in [5.41, 5.74) is 0.707. The predicted octanol–water partition coefficient (Wildman–Crippen LogP) is 1.15. The Morgan fingerprint density at radius 3 is 3.06 bits per heavy atom.